The average molecular weight is 499 g/mol. The highest BCUT2D eigenvalue weighted by Gasteiger charge is 2.34. The Morgan fingerprint density at radius 3 is 2.48 bits per heavy atom. The SMILES string of the molecule is O=C(Nc1ccc(Cl)c(C(F)(F)F)c1)N1CCN(S(=O)(=O)c2cccc3cnccc23)CC1. The van der Waals surface area contributed by atoms with Gasteiger partial charge in [0, 0.05) is 55.0 Å². The first-order valence-electron chi connectivity index (χ1n) is 9.83. The first-order valence-corrected chi connectivity index (χ1v) is 11.6. The number of nitrogens with one attached hydrogen (secondary N) is 1. The first-order chi connectivity index (χ1) is 15.6. The van der Waals surface area contributed by atoms with Crippen LogP contribution in [0, 0.1) is 0 Å². The fourth-order valence-corrected chi connectivity index (χ4v) is 5.47. The molecule has 4 rings (SSSR count). The molecule has 174 valence electrons. The van der Waals surface area contributed by atoms with E-state index in [-0.39, 0.29) is 36.8 Å². The fraction of sp³-hybridized carbons (Fsp3) is 0.238. The van der Waals surface area contributed by atoms with Crippen LogP contribution >= 0.6 is 11.6 Å². The molecule has 3 aromatic rings. The molecule has 1 saturated heterocycles. The highest BCUT2D eigenvalue weighted by Crippen LogP contribution is 2.36. The number of carbonyl (C=O) groups is 1. The van der Waals surface area contributed by atoms with Crippen molar-refractivity contribution in [1.29, 1.82) is 0 Å². The first kappa shape index (κ1) is 23.3. The molecule has 1 aromatic heterocycles. The maximum Gasteiger partial charge on any atom is 0.417 e. The lowest BCUT2D eigenvalue weighted by atomic mass is 10.2. The lowest BCUT2D eigenvalue weighted by molar-refractivity contribution is -0.137. The van der Waals surface area contributed by atoms with Gasteiger partial charge in [0.05, 0.1) is 15.5 Å². The summed E-state index contributed by atoms with van der Waals surface area (Å²) in [6, 6.07) is 9.03. The molecule has 0 unspecified atom stereocenters. The van der Waals surface area contributed by atoms with Gasteiger partial charge in [0.15, 0.2) is 0 Å². The van der Waals surface area contributed by atoms with Gasteiger partial charge in [0.1, 0.15) is 0 Å². The molecule has 1 aliphatic heterocycles. The minimum absolute atomic E-state index is 0.0473. The summed E-state index contributed by atoms with van der Waals surface area (Å²) in [5.41, 5.74) is -1.11. The van der Waals surface area contributed by atoms with Crippen molar-refractivity contribution in [3.05, 3.63) is 65.4 Å². The zero-order valence-electron chi connectivity index (χ0n) is 17.0. The second-order valence-corrected chi connectivity index (χ2v) is 9.68. The number of rotatable bonds is 3. The summed E-state index contributed by atoms with van der Waals surface area (Å²) in [5.74, 6) is 0. The van der Waals surface area contributed by atoms with Crippen LogP contribution in [0.1, 0.15) is 5.56 Å². The molecule has 0 atom stereocenters. The average Bonchev–Trinajstić information content (AvgIpc) is 2.79. The molecule has 7 nitrogen and oxygen atoms in total. The molecule has 2 heterocycles. The third-order valence-corrected chi connectivity index (χ3v) is 7.59. The number of halogens is 4. The maximum absolute atomic E-state index is 13.2. The fourth-order valence-electron chi connectivity index (χ4n) is 3.61. The zero-order valence-corrected chi connectivity index (χ0v) is 18.6. The molecule has 1 fully saturated rings. The molecule has 0 radical (unpaired) electrons. The second kappa shape index (κ2) is 8.81. The third-order valence-electron chi connectivity index (χ3n) is 5.31. The molecule has 0 spiro atoms. The lowest BCUT2D eigenvalue weighted by Gasteiger charge is -2.34. The molecule has 0 bridgehead atoms. The molecule has 12 heteroatoms. The molecule has 2 amide bonds. The number of carbonyl (C=O) groups excluding carboxylic acids is 1. The predicted molar refractivity (Wildman–Crippen MR) is 118 cm³/mol. The van der Waals surface area contributed by atoms with Crippen LogP contribution in [-0.4, -0.2) is 54.8 Å². The highest BCUT2D eigenvalue weighted by atomic mass is 35.5. The van der Waals surface area contributed by atoms with Crippen LogP contribution in [0.4, 0.5) is 23.7 Å². The van der Waals surface area contributed by atoms with Gasteiger partial charge in [-0.25, -0.2) is 13.2 Å². The number of urea groups is 1. The number of fused-ring (bicyclic) bond motifs is 1. The van der Waals surface area contributed by atoms with Gasteiger partial charge in [-0.3, -0.25) is 4.98 Å². The number of anilines is 1. The summed E-state index contributed by atoms with van der Waals surface area (Å²) in [6.45, 7) is 0.255. The Bertz CT molecular complexity index is 1300. The maximum atomic E-state index is 13.2. The number of alkyl halides is 3. The number of hydrogen-bond acceptors (Lipinski definition) is 4. The van der Waals surface area contributed by atoms with E-state index in [1.165, 1.54) is 27.5 Å². The van der Waals surface area contributed by atoms with E-state index in [1.807, 2.05) is 0 Å². The number of benzene rings is 2. The Morgan fingerprint density at radius 1 is 1.06 bits per heavy atom. The molecule has 0 aliphatic carbocycles. The van der Waals surface area contributed by atoms with E-state index in [0.29, 0.717) is 10.8 Å². The van der Waals surface area contributed by atoms with E-state index in [0.717, 1.165) is 12.1 Å². The number of piperazine rings is 1. The highest BCUT2D eigenvalue weighted by molar-refractivity contribution is 7.89. The summed E-state index contributed by atoms with van der Waals surface area (Å²) >= 11 is 5.60. The summed E-state index contributed by atoms with van der Waals surface area (Å²) < 4.78 is 66.8. The Balaban J connectivity index is 1.45. The van der Waals surface area contributed by atoms with Crippen LogP contribution in [0.5, 0.6) is 0 Å². The van der Waals surface area contributed by atoms with E-state index >= 15 is 0 Å². The van der Waals surface area contributed by atoms with Crippen molar-refractivity contribution in [3.63, 3.8) is 0 Å². The van der Waals surface area contributed by atoms with Gasteiger partial charge in [-0.1, -0.05) is 23.7 Å². The van der Waals surface area contributed by atoms with E-state index < -0.39 is 32.8 Å². The standard InChI is InChI=1S/C21H18ClF3N4O3S/c22-18-5-4-15(12-17(18)21(23,24)25)27-20(30)28-8-10-29(11-9-28)33(31,32)19-3-1-2-14-13-26-7-6-16(14)19/h1-7,12-13H,8-11H2,(H,27,30). The van der Waals surface area contributed by atoms with Crippen molar-refractivity contribution in [3.8, 4) is 0 Å². The molecule has 0 saturated carbocycles. The number of hydrogen-bond donors (Lipinski definition) is 1. The Morgan fingerprint density at radius 2 is 1.79 bits per heavy atom. The van der Waals surface area contributed by atoms with Gasteiger partial charge >= 0.3 is 12.2 Å². The summed E-state index contributed by atoms with van der Waals surface area (Å²) in [4.78, 5) is 18.0. The molecule has 33 heavy (non-hydrogen) atoms. The van der Waals surface area contributed by atoms with Crippen molar-refractivity contribution < 1.29 is 26.4 Å². The summed E-state index contributed by atoms with van der Waals surface area (Å²) in [5, 5.41) is 3.19. The van der Waals surface area contributed by atoms with Crippen molar-refractivity contribution >= 4 is 44.1 Å². The van der Waals surface area contributed by atoms with Gasteiger partial charge in [0.25, 0.3) is 0 Å². The van der Waals surface area contributed by atoms with Gasteiger partial charge in [-0.2, -0.15) is 17.5 Å². The minimum Gasteiger partial charge on any atom is -0.322 e. The van der Waals surface area contributed by atoms with E-state index in [1.54, 1.807) is 24.4 Å². The predicted octanol–water partition coefficient (Wildman–Crippen LogP) is 4.45. The third kappa shape index (κ3) is 4.75. The summed E-state index contributed by atoms with van der Waals surface area (Å²) in [6.07, 6.45) is -1.56. The second-order valence-electron chi connectivity index (χ2n) is 7.37. The van der Waals surface area contributed by atoms with E-state index in [4.69, 9.17) is 11.6 Å². The van der Waals surface area contributed by atoms with Gasteiger partial charge in [0.2, 0.25) is 10.0 Å². The molecule has 1 aliphatic rings. The van der Waals surface area contributed by atoms with Gasteiger partial charge < -0.3 is 10.2 Å². The monoisotopic (exact) mass is 498 g/mol. The van der Waals surface area contributed by atoms with Crippen LogP contribution in [0.25, 0.3) is 10.8 Å². The van der Waals surface area contributed by atoms with Gasteiger partial charge in [-0.15, -0.1) is 0 Å². The van der Waals surface area contributed by atoms with Crippen molar-refractivity contribution in [2.75, 3.05) is 31.5 Å². The van der Waals surface area contributed by atoms with Crippen molar-refractivity contribution in [1.82, 2.24) is 14.2 Å². The van der Waals surface area contributed by atoms with E-state index in [9.17, 15) is 26.4 Å². The Kier molecular flexibility index (Phi) is 6.21. The number of pyridine rings is 1. The van der Waals surface area contributed by atoms with Crippen molar-refractivity contribution in [2.45, 2.75) is 11.1 Å². The molecular weight excluding hydrogens is 481 g/mol. The van der Waals surface area contributed by atoms with Crippen molar-refractivity contribution in [2.24, 2.45) is 0 Å². The largest absolute Gasteiger partial charge is 0.417 e. The topological polar surface area (TPSA) is 82.6 Å². The van der Waals surface area contributed by atoms with Crippen LogP contribution in [0.3, 0.4) is 0 Å². The van der Waals surface area contributed by atoms with E-state index in [2.05, 4.69) is 10.3 Å². The smallest absolute Gasteiger partial charge is 0.322 e. The molecule has 2 aromatic carbocycles. The Hall–Kier alpha value is -2.89. The quantitative estimate of drug-likeness (QED) is 0.578. The lowest BCUT2D eigenvalue weighted by Crippen LogP contribution is -2.51. The van der Waals surface area contributed by atoms with Crippen LogP contribution in [0.2, 0.25) is 5.02 Å². The minimum atomic E-state index is -4.66. The summed E-state index contributed by atoms with van der Waals surface area (Å²) in [7, 11) is -3.82. The molecular formula is C21H18ClF3N4O3S. The zero-order chi connectivity index (χ0) is 23.8. The normalized spacial score (nSPS) is 15.6. The van der Waals surface area contributed by atoms with Gasteiger partial charge in [-0.05, 0) is 30.3 Å². The van der Waals surface area contributed by atoms with Crippen LogP contribution in [-0.2, 0) is 16.2 Å². The number of nitrogens with zero attached hydrogens (tertiary/aromatic N) is 3. The molecule has 1 N–H and O–H groups in total. The van der Waals surface area contributed by atoms with Crippen LogP contribution in [0.15, 0.2) is 59.8 Å². The number of aromatic nitrogens is 1. The number of sulfonamides is 1. The Labute approximate surface area is 192 Å². The number of amides is 2. The van der Waals surface area contributed by atoms with Crippen LogP contribution < -0.4 is 5.32 Å².